The summed E-state index contributed by atoms with van der Waals surface area (Å²) in [5.41, 5.74) is 0.732. The van der Waals surface area contributed by atoms with Crippen molar-refractivity contribution in [2.45, 2.75) is 6.54 Å². The summed E-state index contributed by atoms with van der Waals surface area (Å²) in [5, 5.41) is 4.38. The highest BCUT2D eigenvalue weighted by Crippen LogP contribution is 2.31. The van der Waals surface area contributed by atoms with Gasteiger partial charge in [-0.2, -0.15) is 5.10 Å². The molecule has 1 aliphatic heterocycles. The van der Waals surface area contributed by atoms with E-state index in [4.69, 9.17) is 13.9 Å². The van der Waals surface area contributed by atoms with Crippen LogP contribution in [-0.2, 0) is 11.3 Å². The van der Waals surface area contributed by atoms with Crippen molar-refractivity contribution in [2.24, 2.45) is 0 Å². The van der Waals surface area contributed by atoms with E-state index in [1.54, 1.807) is 60.4 Å². The SMILES string of the molecule is COc1ccc(OC)c(-c2ccc(=O)n(CC(=O)N3CCN(C(=O)c4ccco4)CC3)n2)c1. The average molecular weight is 452 g/mol. The van der Waals surface area contributed by atoms with Crippen molar-refractivity contribution >= 4 is 11.8 Å². The predicted molar refractivity (Wildman–Crippen MR) is 118 cm³/mol. The molecule has 1 aliphatic rings. The lowest BCUT2D eigenvalue weighted by atomic mass is 10.1. The fourth-order valence-electron chi connectivity index (χ4n) is 3.66. The number of aromatic nitrogens is 2. The minimum Gasteiger partial charge on any atom is -0.497 e. The van der Waals surface area contributed by atoms with E-state index in [0.29, 0.717) is 48.9 Å². The Bertz CT molecular complexity index is 1200. The van der Waals surface area contributed by atoms with Crippen molar-refractivity contribution < 1.29 is 23.5 Å². The summed E-state index contributed by atoms with van der Waals surface area (Å²) in [4.78, 5) is 40.9. The monoisotopic (exact) mass is 452 g/mol. The van der Waals surface area contributed by atoms with Gasteiger partial charge in [0.15, 0.2) is 5.76 Å². The van der Waals surface area contributed by atoms with Gasteiger partial charge in [0.2, 0.25) is 5.91 Å². The quantitative estimate of drug-likeness (QED) is 0.558. The summed E-state index contributed by atoms with van der Waals surface area (Å²) >= 11 is 0. The number of rotatable bonds is 6. The highest BCUT2D eigenvalue weighted by molar-refractivity contribution is 5.91. The minimum absolute atomic E-state index is 0.203. The summed E-state index contributed by atoms with van der Waals surface area (Å²) in [7, 11) is 3.10. The van der Waals surface area contributed by atoms with E-state index < -0.39 is 0 Å². The first-order chi connectivity index (χ1) is 16.0. The molecule has 1 saturated heterocycles. The Morgan fingerprint density at radius 2 is 1.76 bits per heavy atom. The van der Waals surface area contributed by atoms with Crippen molar-refractivity contribution in [3.8, 4) is 22.8 Å². The van der Waals surface area contributed by atoms with E-state index in [0.717, 1.165) is 4.68 Å². The van der Waals surface area contributed by atoms with Crippen LogP contribution >= 0.6 is 0 Å². The van der Waals surface area contributed by atoms with Crippen LogP contribution in [0.3, 0.4) is 0 Å². The van der Waals surface area contributed by atoms with Crippen LogP contribution in [0.25, 0.3) is 11.3 Å². The molecule has 0 bridgehead atoms. The van der Waals surface area contributed by atoms with E-state index in [2.05, 4.69) is 5.10 Å². The number of furan rings is 1. The molecule has 2 amide bonds. The molecule has 0 unspecified atom stereocenters. The second kappa shape index (κ2) is 9.60. The number of benzene rings is 1. The minimum atomic E-state index is -0.388. The molecule has 1 fully saturated rings. The van der Waals surface area contributed by atoms with Gasteiger partial charge in [0.1, 0.15) is 18.0 Å². The first-order valence-corrected chi connectivity index (χ1v) is 10.4. The molecule has 10 nitrogen and oxygen atoms in total. The number of carbonyl (C=O) groups excluding carboxylic acids is 2. The number of methoxy groups -OCH3 is 2. The molecule has 0 atom stereocenters. The third-order valence-electron chi connectivity index (χ3n) is 5.49. The van der Waals surface area contributed by atoms with E-state index in [9.17, 15) is 14.4 Å². The lowest BCUT2D eigenvalue weighted by molar-refractivity contribution is -0.133. The van der Waals surface area contributed by atoms with Gasteiger partial charge in [0.25, 0.3) is 11.5 Å². The average Bonchev–Trinajstić information content (AvgIpc) is 3.39. The highest BCUT2D eigenvalue weighted by atomic mass is 16.5. The van der Waals surface area contributed by atoms with E-state index in [1.807, 2.05) is 0 Å². The van der Waals surface area contributed by atoms with Gasteiger partial charge in [-0.05, 0) is 36.4 Å². The summed E-state index contributed by atoms with van der Waals surface area (Å²) in [6.07, 6.45) is 1.45. The molecular weight excluding hydrogens is 428 g/mol. The zero-order valence-corrected chi connectivity index (χ0v) is 18.4. The molecule has 1 aromatic carbocycles. The third kappa shape index (κ3) is 4.74. The Morgan fingerprint density at radius 1 is 1.00 bits per heavy atom. The Kier molecular flexibility index (Phi) is 6.43. The highest BCUT2D eigenvalue weighted by Gasteiger charge is 2.26. The van der Waals surface area contributed by atoms with Crippen molar-refractivity contribution in [3.63, 3.8) is 0 Å². The molecule has 0 radical (unpaired) electrons. The number of carbonyl (C=O) groups is 2. The molecule has 33 heavy (non-hydrogen) atoms. The van der Waals surface area contributed by atoms with Crippen LogP contribution < -0.4 is 15.0 Å². The summed E-state index contributed by atoms with van der Waals surface area (Å²) in [6, 6.07) is 11.5. The second-order valence-electron chi connectivity index (χ2n) is 7.43. The maximum Gasteiger partial charge on any atom is 0.289 e. The molecule has 0 saturated carbocycles. The van der Waals surface area contributed by atoms with Crippen LogP contribution in [0.4, 0.5) is 0 Å². The van der Waals surface area contributed by atoms with Crippen LogP contribution in [0, 0.1) is 0 Å². The number of nitrogens with zero attached hydrogens (tertiary/aromatic N) is 4. The topological polar surface area (TPSA) is 107 Å². The molecular formula is C23H24N4O6. The molecule has 10 heteroatoms. The van der Waals surface area contributed by atoms with Crippen molar-refractivity contribution in [3.05, 3.63) is 64.8 Å². The van der Waals surface area contributed by atoms with E-state index in [1.165, 1.54) is 12.3 Å². The molecule has 0 N–H and O–H groups in total. The largest absolute Gasteiger partial charge is 0.497 e. The van der Waals surface area contributed by atoms with Crippen LogP contribution in [0.5, 0.6) is 11.5 Å². The Morgan fingerprint density at radius 3 is 2.42 bits per heavy atom. The Balaban J connectivity index is 1.46. The smallest absolute Gasteiger partial charge is 0.289 e. The number of ether oxygens (including phenoxy) is 2. The third-order valence-corrected chi connectivity index (χ3v) is 5.49. The van der Waals surface area contributed by atoms with Gasteiger partial charge < -0.3 is 23.7 Å². The van der Waals surface area contributed by atoms with E-state index >= 15 is 0 Å². The van der Waals surface area contributed by atoms with Crippen LogP contribution in [0.15, 0.2) is 57.9 Å². The van der Waals surface area contributed by atoms with E-state index in [-0.39, 0.29) is 29.7 Å². The molecule has 0 aliphatic carbocycles. The number of hydrogen-bond donors (Lipinski definition) is 0. The van der Waals surface area contributed by atoms with Crippen molar-refractivity contribution in [1.29, 1.82) is 0 Å². The summed E-state index contributed by atoms with van der Waals surface area (Å²) in [5.74, 6) is 1.00. The predicted octanol–water partition coefficient (Wildman–Crippen LogP) is 1.51. The second-order valence-corrected chi connectivity index (χ2v) is 7.43. The van der Waals surface area contributed by atoms with Crippen molar-refractivity contribution in [1.82, 2.24) is 19.6 Å². The fraction of sp³-hybridized carbons (Fsp3) is 0.304. The number of piperazine rings is 1. The first-order valence-electron chi connectivity index (χ1n) is 10.4. The zero-order chi connectivity index (χ0) is 23.4. The molecule has 4 rings (SSSR count). The van der Waals surface area contributed by atoms with Gasteiger partial charge in [0.05, 0.1) is 26.2 Å². The van der Waals surface area contributed by atoms with Crippen LogP contribution in [0.1, 0.15) is 10.6 Å². The van der Waals surface area contributed by atoms with Crippen molar-refractivity contribution in [2.75, 3.05) is 40.4 Å². The fourth-order valence-corrected chi connectivity index (χ4v) is 3.66. The van der Waals surface area contributed by atoms with Gasteiger partial charge in [-0.15, -0.1) is 0 Å². The number of hydrogen-bond acceptors (Lipinski definition) is 7. The molecule has 2 aromatic heterocycles. The number of amides is 2. The van der Waals surface area contributed by atoms with Gasteiger partial charge in [0, 0.05) is 37.8 Å². The normalized spacial score (nSPS) is 13.6. The van der Waals surface area contributed by atoms with Gasteiger partial charge in [-0.3, -0.25) is 14.4 Å². The lowest BCUT2D eigenvalue weighted by Gasteiger charge is -2.34. The Labute approximate surface area is 189 Å². The summed E-state index contributed by atoms with van der Waals surface area (Å²) < 4.78 is 17.0. The molecule has 172 valence electrons. The van der Waals surface area contributed by atoms with Crippen LogP contribution in [-0.4, -0.2) is 71.8 Å². The first kappa shape index (κ1) is 22.1. The van der Waals surface area contributed by atoms with Gasteiger partial charge >= 0.3 is 0 Å². The van der Waals surface area contributed by atoms with Gasteiger partial charge in [-0.1, -0.05) is 0 Å². The molecule has 3 heterocycles. The summed E-state index contributed by atoms with van der Waals surface area (Å²) in [6.45, 7) is 1.29. The lowest BCUT2D eigenvalue weighted by Crippen LogP contribution is -2.51. The standard InChI is InChI=1S/C23H24N4O6/c1-31-16-5-7-19(32-2)17(14-16)18-6-8-21(28)27(24-18)15-22(29)25-9-11-26(12-10-25)23(30)20-4-3-13-33-20/h3-8,13-14H,9-12,15H2,1-2H3. The van der Waals surface area contributed by atoms with Crippen LogP contribution in [0.2, 0.25) is 0 Å². The Hall–Kier alpha value is -4.08. The molecule has 0 spiro atoms. The zero-order valence-electron chi connectivity index (χ0n) is 18.4. The maximum absolute atomic E-state index is 12.9. The van der Waals surface area contributed by atoms with Gasteiger partial charge in [-0.25, -0.2) is 4.68 Å². The molecule has 3 aromatic rings. The maximum atomic E-state index is 12.9.